The zero-order valence-corrected chi connectivity index (χ0v) is 13.7. The second-order valence-electron chi connectivity index (χ2n) is 5.48. The van der Waals surface area contributed by atoms with Crippen LogP contribution in [0.3, 0.4) is 0 Å². The molecule has 0 fully saturated rings. The summed E-state index contributed by atoms with van der Waals surface area (Å²) in [6.07, 6.45) is 11.6. The van der Waals surface area contributed by atoms with Gasteiger partial charge in [0.15, 0.2) is 0 Å². The Hall–Kier alpha value is -2.03. The predicted octanol–water partition coefficient (Wildman–Crippen LogP) is 3.67. The quantitative estimate of drug-likeness (QED) is 0.840. The highest BCUT2D eigenvalue weighted by Crippen LogP contribution is 2.27. The molecule has 0 aliphatic carbocycles. The molecule has 0 saturated heterocycles. The molecule has 3 nitrogen and oxygen atoms in total. The third kappa shape index (κ3) is 3.18. The second-order valence-corrected chi connectivity index (χ2v) is 5.48. The van der Waals surface area contributed by atoms with Gasteiger partial charge in [-0.25, -0.2) is 0 Å². The average molecular weight is 283 g/mol. The van der Waals surface area contributed by atoms with Gasteiger partial charge in [-0.2, -0.15) is 0 Å². The van der Waals surface area contributed by atoms with Gasteiger partial charge < -0.3 is 9.80 Å². The average Bonchev–Trinajstić information content (AvgIpc) is 2.49. The van der Waals surface area contributed by atoms with Crippen LogP contribution < -0.4 is 0 Å². The van der Waals surface area contributed by atoms with Crippen LogP contribution in [-0.2, 0) is 6.42 Å². The maximum absolute atomic E-state index is 4.50. The third-order valence-corrected chi connectivity index (χ3v) is 3.79. The third-order valence-electron chi connectivity index (χ3n) is 3.79. The maximum Gasteiger partial charge on any atom is 0.104 e. The first kappa shape index (κ1) is 15.4. The van der Waals surface area contributed by atoms with Gasteiger partial charge in [0, 0.05) is 37.7 Å². The summed E-state index contributed by atoms with van der Waals surface area (Å²) in [5, 5.41) is 0. The number of aryl methyl sites for hydroxylation is 1. The largest absolute Gasteiger partial charge is 0.364 e. The zero-order valence-electron chi connectivity index (χ0n) is 13.7. The lowest BCUT2D eigenvalue weighted by Crippen LogP contribution is -2.34. The first-order valence-electron chi connectivity index (χ1n) is 7.54. The van der Waals surface area contributed by atoms with E-state index in [4.69, 9.17) is 0 Å². The fraction of sp³-hybridized carbons (Fsp3) is 0.389. The molecular formula is C18H25N3. The lowest BCUT2D eigenvalue weighted by Gasteiger charge is -2.35. The predicted molar refractivity (Wildman–Crippen MR) is 89.5 cm³/mol. The van der Waals surface area contributed by atoms with Gasteiger partial charge in [-0.15, -0.1) is 0 Å². The molecule has 1 aliphatic rings. The minimum Gasteiger partial charge on any atom is -0.364 e. The van der Waals surface area contributed by atoms with Gasteiger partial charge in [0.1, 0.15) is 5.82 Å². The van der Waals surface area contributed by atoms with Crippen molar-refractivity contribution in [1.82, 2.24) is 14.8 Å². The maximum atomic E-state index is 4.50. The molecule has 0 amide bonds. The van der Waals surface area contributed by atoms with E-state index in [1.807, 2.05) is 12.3 Å². The first-order valence-corrected chi connectivity index (χ1v) is 7.54. The van der Waals surface area contributed by atoms with Crippen molar-refractivity contribution in [1.29, 1.82) is 0 Å². The summed E-state index contributed by atoms with van der Waals surface area (Å²) < 4.78 is 0. The number of allylic oxidation sites excluding steroid dienone is 3. The zero-order chi connectivity index (χ0) is 15.4. The summed E-state index contributed by atoms with van der Waals surface area (Å²) in [5.74, 6) is 1.20. The Morgan fingerprint density at radius 1 is 1.43 bits per heavy atom. The number of pyridine rings is 1. The highest BCUT2D eigenvalue weighted by atomic mass is 15.3. The highest BCUT2D eigenvalue weighted by Gasteiger charge is 2.19. The van der Waals surface area contributed by atoms with Crippen LogP contribution in [0.2, 0.25) is 0 Å². The molecule has 2 heterocycles. The van der Waals surface area contributed by atoms with Crippen LogP contribution in [0.15, 0.2) is 48.6 Å². The Morgan fingerprint density at radius 3 is 2.81 bits per heavy atom. The van der Waals surface area contributed by atoms with Crippen molar-refractivity contribution in [3.05, 3.63) is 59.8 Å². The fourth-order valence-corrected chi connectivity index (χ4v) is 2.70. The standard InChI is InChI=1S/C18H25N3/c1-6-17-16(9-8-12-19-17)15-11-10-14(3)21(13-15)18(7-2)20(4)5/h7-14H,6H2,1-5H3/b18-7-. The topological polar surface area (TPSA) is 19.4 Å². The van der Waals surface area contributed by atoms with Crippen molar-refractivity contribution < 1.29 is 0 Å². The summed E-state index contributed by atoms with van der Waals surface area (Å²) in [5.41, 5.74) is 3.59. The van der Waals surface area contributed by atoms with Crippen LogP contribution in [0.1, 0.15) is 32.0 Å². The molecule has 1 aromatic rings. The number of rotatable bonds is 4. The molecule has 0 aromatic carbocycles. The number of aromatic nitrogens is 1. The van der Waals surface area contributed by atoms with E-state index in [9.17, 15) is 0 Å². The van der Waals surface area contributed by atoms with Crippen molar-refractivity contribution in [3.63, 3.8) is 0 Å². The summed E-state index contributed by atoms with van der Waals surface area (Å²) in [4.78, 5) is 8.95. The van der Waals surface area contributed by atoms with Gasteiger partial charge in [0.25, 0.3) is 0 Å². The summed E-state index contributed by atoms with van der Waals surface area (Å²) in [6.45, 7) is 6.44. The van der Waals surface area contributed by atoms with E-state index in [1.165, 1.54) is 17.0 Å². The van der Waals surface area contributed by atoms with Crippen LogP contribution >= 0.6 is 0 Å². The molecule has 0 saturated carbocycles. The minimum atomic E-state index is 0.351. The highest BCUT2D eigenvalue weighted by molar-refractivity contribution is 5.76. The molecule has 0 spiro atoms. The number of hydrogen-bond acceptors (Lipinski definition) is 3. The molecule has 1 aromatic heterocycles. The van der Waals surface area contributed by atoms with Crippen LogP contribution in [0.25, 0.3) is 5.57 Å². The molecular weight excluding hydrogens is 258 g/mol. The Morgan fingerprint density at radius 2 is 2.19 bits per heavy atom. The SMILES string of the molecule is C/C=C(/N(C)C)N1C=C(c2cccnc2CC)C=CC1C. The van der Waals surface area contributed by atoms with Gasteiger partial charge in [0.05, 0.1) is 6.04 Å². The Labute approximate surface area is 128 Å². The van der Waals surface area contributed by atoms with E-state index in [0.717, 1.165) is 12.1 Å². The molecule has 0 N–H and O–H groups in total. The van der Waals surface area contributed by atoms with Crippen LogP contribution in [0, 0.1) is 0 Å². The van der Waals surface area contributed by atoms with Crippen molar-refractivity contribution in [3.8, 4) is 0 Å². The summed E-state index contributed by atoms with van der Waals surface area (Å²) >= 11 is 0. The lowest BCUT2D eigenvalue weighted by atomic mass is 9.99. The molecule has 2 rings (SSSR count). The molecule has 0 radical (unpaired) electrons. The number of hydrogen-bond donors (Lipinski definition) is 0. The van der Waals surface area contributed by atoms with E-state index in [0.29, 0.717) is 6.04 Å². The van der Waals surface area contributed by atoms with E-state index in [1.54, 1.807) is 0 Å². The first-order chi connectivity index (χ1) is 10.1. The van der Waals surface area contributed by atoms with Gasteiger partial charge >= 0.3 is 0 Å². The van der Waals surface area contributed by atoms with Crippen molar-refractivity contribution >= 4 is 5.57 Å². The Bertz CT molecular complexity index is 582. The van der Waals surface area contributed by atoms with Gasteiger partial charge in [-0.3, -0.25) is 4.98 Å². The summed E-state index contributed by atoms with van der Waals surface area (Å²) in [6, 6.07) is 4.51. The molecule has 112 valence electrons. The van der Waals surface area contributed by atoms with E-state index < -0.39 is 0 Å². The smallest absolute Gasteiger partial charge is 0.104 e. The van der Waals surface area contributed by atoms with Gasteiger partial charge in [-0.05, 0) is 38.0 Å². The summed E-state index contributed by atoms with van der Waals surface area (Å²) in [7, 11) is 4.16. The fourth-order valence-electron chi connectivity index (χ4n) is 2.70. The van der Waals surface area contributed by atoms with E-state index in [-0.39, 0.29) is 0 Å². The normalized spacial score (nSPS) is 18.7. The van der Waals surface area contributed by atoms with Crippen molar-refractivity contribution in [2.75, 3.05) is 14.1 Å². The number of nitrogens with zero attached hydrogens (tertiary/aromatic N) is 3. The molecule has 1 unspecified atom stereocenters. The van der Waals surface area contributed by atoms with Crippen LogP contribution in [-0.4, -0.2) is 34.9 Å². The monoisotopic (exact) mass is 283 g/mol. The van der Waals surface area contributed by atoms with Crippen molar-refractivity contribution in [2.24, 2.45) is 0 Å². The van der Waals surface area contributed by atoms with E-state index >= 15 is 0 Å². The Kier molecular flexibility index (Phi) is 4.84. The lowest BCUT2D eigenvalue weighted by molar-refractivity contribution is 0.299. The van der Waals surface area contributed by atoms with Crippen LogP contribution in [0.4, 0.5) is 0 Å². The molecule has 1 aliphatic heterocycles. The minimum absolute atomic E-state index is 0.351. The van der Waals surface area contributed by atoms with Gasteiger partial charge in [-0.1, -0.05) is 25.1 Å². The van der Waals surface area contributed by atoms with Crippen molar-refractivity contribution in [2.45, 2.75) is 33.2 Å². The second kappa shape index (κ2) is 6.61. The Balaban J connectivity index is 2.43. The van der Waals surface area contributed by atoms with Crippen LogP contribution in [0.5, 0.6) is 0 Å². The molecule has 21 heavy (non-hydrogen) atoms. The molecule has 1 atom stereocenters. The van der Waals surface area contributed by atoms with E-state index in [2.05, 4.69) is 80.1 Å². The molecule has 0 bridgehead atoms. The van der Waals surface area contributed by atoms with Gasteiger partial charge in [0.2, 0.25) is 0 Å². The molecule has 3 heteroatoms.